The molecule has 1 aliphatic carbocycles. The van der Waals surface area contributed by atoms with Crippen LogP contribution in [0.1, 0.15) is 33.6 Å². The summed E-state index contributed by atoms with van der Waals surface area (Å²) in [6.07, 6.45) is 2.40. The lowest BCUT2D eigenvalue weighted by molar-refractivity contribution is 0.510. The maximum atomic E-state index is 4.16. The van der Waals surface area contributed by atoms with Crippen LogP contribution in [0.4, 0.5) is 0 Å². The molecule has 0 heteroatoms. The van der Waals surface area contributed by atoms with E-state index >= 15 is 0 Å². The van der Waals surface area contributed by atoms with Crippen molar-refractivity contribution in [3.8, 4) is 0 Å². The summed E-state index contributed by atoms with van der Waals surface area (Å²) >= 11 is 0. The Bertz CT molecular complexity index is 198. The Kier molecular flexibility index (Phi) is 2.76. The highest BCUT2D eigenvalue weighted by Crippen LogP contribution is 2.41. The van der Waals surface area contributed by atoms with Crippen molar-refractivity contribution in [1.82, 2.24) is 0 Å². The summed E-state index contributed by atoms with van der Waals surface area (Å²) in [7, 11) is 0. The third-order valence-corrected chi connectivity index (χ3v) is 2.85. The summed E-state index contributed by atoms with van der Waals surface area (Å²) in [5.41, 5.74) is 2.81. The molecule has 0 saturated heterocycles. The van der Waals surface area contributed by atoms with Crippen LogP contribution in [0.2, 0.25) is 0 Å². The van der Waals surface area contributed by atoms with Gasteiger partial charge in [-0.15, -0.1) is 0 Å². The van der Waals surface area contributed by atoms with E-state index in [4.69, 9.17) is 0 Å². The van der Waals surface area contributed by atoms with Gasteiger partial charge in [0.2, 0.25) is 0 Å². The van der Waals surface area contributed by atoms with Crippen LogP contribution in [0.3, 0.4) is 0 Å². The second kappa shape index (κ2) is 3.47. The van der Waals surface area contributed by atoms with Gasteiger partial charge in [-0.05, 0) is 24.7 Å². The molecule has 0 aliphatic heterocycles. The van der Waals surface area contributed by atoms with Crippen molar-refractivity contribution in [1.29, 1.82) is 0 Å². The molecule has 1 fully saturated rings. The molecule has 0 aromatic rings. The number of hydrogen-bond acceptors (Lipinski definition) is 0. The van der Waals surface area contributed by atoms with Crippen molar-refractivity contribution in [2.75, 3.05) is 0 Å². The lowest BCUT2D eigenvalue weighted by atomic mass is 9.90. The lowest BCUT2D eigenvalue weighted by Gasteiger charge is -2.15. The molecule has 2 unspecified atom stereocenters. The zero-order valence-electron chi connectivity index (χ0n) is 8.56. The maximum Gasteiger partial charge on any atom is 0.000697 e. The minimum atomic E-state index is 0.611. The molecule has 68 valence electrons. The Hall–Kier alpha value is -0.520. The van der Waals surface area contributed by atoms with Gasteiger partial charge in [0, 0.05) is 5.92 Å². The molecule has 1 saturated carbocycles. The number of hydrogen-bond donors (Lipinski definition) is 0. The Morgan fingerprint density at radius 1 is 1.42 bits per heavy atom. The van der Waals surface area contributed by atoms with E-state index in [1.807, 2.05) is 0 Å². The molecule has 2 atom stereocenters. The summed E-state index contributed by atoms with van der Waals surface area (Å²) in [6, 6.07) is 0. The van der Waals surface area contributed by atoms with Gasteiger partial charge in [0.1, 0.15) is 0 Å². The smallest absolute Gasteiger partial charge is 0.000697 e. The van der Waals surface area contributed by atoms with Crippen LogP contribution >= 0.6 is 0 Å². The van der Waals surface area contributed by atoms with Gasteiger partial charge in [-0.3, -0.25) is 0 Å². The summed E-state index contributed by atoms with van der Waals surface area (Å²) in [5, 5.41) is 0. The van der Waals surface area contributed by atoms with Crippen LogP contribution in [0.15, 0.2) is 24.3 Å². The van der Waals surface area contributed by atoms with E-state index in [0.717, 1.165) is 12.3 Å². The van der Waals surface area contributed by atoms with Crippen LogP contribution in [-0.4, -0.2) is 0 Å². The highest BCUT2D eigenvalue weighted by Gasteiger charge is 2.28. The van der Waals surface area contributed by atoms with E-state index in [2.05, 4.69) is 33.9 Å². The average molecular weight is 164 g/mol. The third-order valence-electron chi connectivity index (χ3n) is 2.85. The largest absolute Gasteiger partial charge is 0.0992 e. The first-order valence-corrected chi connectivity index (χ1v) is 4.88. The van der Waals surface area contributed by atoms with Gasteiger partial charge in [-0.25, -0.2) is 0 Å². The van der Waals surface area contributed by atoms with Crippen molar-refractivity contribution in [2.24, 2.45) is 17.8 Å². The van der Waals surface area contributed by atoms with Crippen LogP contribution in [0, 0.1) is 17.8 Å². The maximum absolute atomic E-state index is 4.16. The predicted molar refractivity (Wildman–Crippen MR) is 55.0 cm³/mol. The molecule has 0 N–H and O–H groups in total. The van der Waals surface area contributed by atoms with E-state index in [-0.39, 0.29) is 0 Å². The van der Waals surface area contributed by atoms with E-state index in [1.165, 1.54) is 17.6 Å². The van der Waals surface area contributed by atoms with Gasteiger partial charge in [0.05, 0.1) is 0 Å². The third kappa shape index (κ3) is 1.80. The van der Waals surface area contributed by atoms with Gasteiger partial charge in [-0.1, -0.05) is 45.1 Å². The van der Waals surface area contributed by atoms with E-state index in [1.54, 1.807) is 0 Å². The van der Waals surface area contributed by atoms with Crippen LogP contribution < -0.4 is 0 Å². The van der Waals surface area contributed by atoms with Crippen molar-refractivity contribution < 1.29 is 0 Å². The Morgan fingerprint density at radius 2 is 2.00 bits per heavy atom. The Morgan fingerprint density at radius 3 is 2.33 bits per heavy atom. The standard InChI is InChI=1S/C12H20/c1-8(2)6-12-10(4)7-9(3)11(12)5/h8-9,12H,4-7H2,1-3H3. The number of rotatable bonds is 2. The Balaban J connectivity index is 2.64. The minimum Gasteiger partial charge on any atom is -0.0992 e. The average Bonchev–Trinajstić information content (AvgIpc) is 2.16. The van der Waals surface area contributed by atoms with Gasteiger partial charge >= 0.3 is 0 Å². The molecule has 0 nitrogen and oxygen atoms in total. The van der Waals surface area contributed by atoms with Crippen LogP contribution in [-0.2, 0) is 0 Å². The first-order valence-electron chi connectivity index (χ1n) is 4.88. The van der Waals surface area contributed by atoms with E-state index < -0.39 is 0 Å². The summed E-state index contributed by atoms with van der Waals surface area (Å²) in [6.45, 7) is 15.1. The molecule has 1 rings (SSSR count). The molecule has 0 amide bonds. The Labute approximate surface area is 76.4 Å². The van der Waals surface area contributed by atoms with Gasteiger partial charge in [0.25, 0.3) is 0 Å². The number of allylic oxidation sites excluding steroid dienone is 2. The highest BCUT2D eigenvalue weighted by atomic mass is 14.3. The summed E-state index contributed by atoms with van der Waals surface area (Å²) in [5.74, 6) is 2.04. The fourth-order valence-corrected chi connectivity index (χ4v) is 2.06. The van der Waals surface area contributed by atoms with Gasteiger partial charge in [-0.2, -0.15) is 0 Å². The fraction of sp³-hybridized carbons (Fsp3) is 0.667. The van der Waals surface area contributed by atoms with Crippen molar-refractivity contribution in [2.45, 2.75) is 33.6 Å². The molecule has 0 heterocycles. The van der Waals surface area contributed by atoms with Gasteiger partial charge in [0.15, 0.2) is 0 Å². The van der Waals surface area contributed by atoms with Crippen molar-refractivity contribution in [3.05, 3.63) is 24.3 Å². The molecule has 12 heavy (non-hydrogen) atoms. The second-order valence-corrected chi connectivity index (χ2v) is 4.52. The topological polar surface area (TPSA) is 0 Å². The minimum absolute atomic E-state index is 0.611. The van der Waals surface area contributed by atoms with Crippen molar-refractivity contribution >= 4 is 0 Å². The molecule has 0 radical (unpaired) electrons. The molecule has 0 spiro atoms. The zero-order chi connectivity index (χ0) is 9.30. The molecule has 0 bridgehead atoms. The normalized spacial score (nSPS) is 30.3. The SMILES string of the molecule is C=C1CC(C)C(=C)C1CC(C)C. The first kappa shape index (κ1) is 9.57. The lowest BCUT2D eigenvalue weighted by Crippen LogP contribution is -2.04. The quantitative estimate of drug-likeness (QED) is 0.544. The van der Waals surface area contributed by atoms with E-state index in [0.29, 0.717) is 11.8 Å². The first-order chi connectivity index (χ1) is 5.52. The fourth-order valence-electron chi connectivity index (χ4n) is 2.06. The zero-order valence-corrected chi connectivity index (χ0v) is 8.56. The van der Waals surface area contributed by atoms with Crippen molar-refractivity contribution in [3.63, 3.8) is 0 Å². The molecule has 1 aliphatic rings. The van der Waals surface area contributed by atoms with Crippen LogP contribution in [0.25, 0.3) is 0 Å². The molecular weight excluding hydrogens is 144 g/mol. The molecule has 0 aromatic heterocycles. The summed E-state index contributed by atoms with van der Waals surface area (Å²) in [4.78, 5) is 0. The second-order valence-electron chi connectivity index (χ2n) is 4.52. The van der Waals surface area contributed by atoms with Crippen LogP contribution in [0.5, 0.6) is 0 Å². The predicted octanol–water partition coefficient (Wildman–Crippen LogP) is 3.80. The molecular formula is C12H20. The van der Waals surface area contributed by atoms with Gasteiger partial charge < -0.3 is 0 Å². The highest BCUT2D eigenvalue weighted by molar-refractivity contribution is 5.27. The summed E-state index contributed by atoms with van der Waals surface area (Å²) < 4.78 is 0. The monoisotopic (exact) mass is 164 g/mol. The van der Waals surface area contributed by atoms with E-state index in [9.17, 15) is 0 Å². The molecule has 0 aromatic carbocycles.